The van der Waals surface area contributed by atoms with E-state index in [-0.39, 0.29) is 85.1 Å². The molecule has 50 heavy (non-hydrogen) atoms. The molecule has 0 aliphatic rings. The molecule has 0 amide bonds. The first-order valence-electron chi connectivity index (χ1n) is 13.3. The molecule has 0 bridgehead atoms. The van der Waals surface area contributed by atoms with Crippen molar-refractivity contribution in [3.05, 3.63) is 139 Å². The number of hydrogen-bond donors (Lipinski definition) is 1. The van der Waals surface area contributed by atoms with Gasteiger partial charge in [-0.1, -0.05) is 65.7 Å². The molecule has 0 saturated carbocycles. The molecule has 2 N–H and O–H groups in total. The number of aryl methyl sites for hydroxylation is 2. The number of benzene rings is 5. The van der Waals surface area contributed by atoms with Crippen LogP contribution < -0.4 is 33.7 Å². The predicted octanol–water partition coefficient (Wildman–Crippen LogP) is 2.61. The van der Waals surface area contributed by atoms with Gasteiger partial charge in [0.15, 0.2) is 0 Å². The summed E-state index contributed by atoms with van der Waals surface area (Å²) in [6.07, 6.45) is 0. The normalized spacial score (nSPS) is 11.1. The quantitative estimate of drug-likeness (QED) is 0.105. The van der Waals surface area contributed by atoms with Gasteiger partial charge in [-0.25, -0.2) is 16.8 Å². The van der Waals surface area contributed by atoms with E-state index in [1.165, 1.54) is 66.7 Å². The molecule has 0 aromatic heterocycles. The zero-order valence-corrected chi connectivity index (χ0v) is 35.3. The third kappa shape index (κ3) is 12.0. The Balaban J connectivity index is 0.000000915. The van der Waals surface area contributed by atoms with E-state index in [0.29, 0.717) is 0 Å². The van der Waals surface area contributed by atoms with Crippen molar-refractivity contribution in [2.75, 3.05) is 0 Å². The first kappa shape index (κ1) is 47.5. The molecular formula is C32H35NaO11P2S4. The summed E-state index contributed by atoms with van der Waals surface area (Å²) in [5.41, 5.74) is 1.84. The summed E-state index contributed by atoms with van der Waals surface area (Å²) in [7, 11) is -16.2. The maximum Gasteiger partial charge on any atom is 1.00 e. The molecule has 18 heteroatoms. The predicted molar refractivity (Wildman–Crippen MR) is 194 cm³/mol. The van der Waals surface area contributed by atoms with Gasteiger partial charge in [-0.05, 0) is 86.6 Å². The van der Waals surface area contributed by atoms with Gasteiger partial charge in [0.1, 0.15) is 10.6 Å². The minimum atomic E-state index is -4.44. The Labute approximate surface area is 322 Å². The number of sulfone groups is 2. The van der Waals surface area contributed by atoms with Crippen molar-refractivity contribution in [2.24, 2.45) is 0 Å². The molecule has 5 aromatic carbocycles. The topological polar surface area (TPSA) is 196 Å². The molecule has 0 heterocycles. The van der Waals surface area contributed by atoms with Gasteiger partial charge in [-0.2, -0.15) is 36.6 Å². The molecule has 2 unspecified atom stereocenters. The minimum absolute atomic E-state index is 0. The molecule has 0 spiro atoms. The summed E-state index contributed by atoms with van der Waals surface area (Å²) in [5.74, 6) is 0.152. The fourth-order valence-corrected chi connectivity index (χ4v) is 8.22. The molecule has 0 aliphatic carbocycles. The van der Waals surface area contributed by atoms with E-state index in [9.17, 15) is 33.7 Å². The summed E-state index contributed by atoms with van der Waals surface area (Å²) >= 11 is 0. The largest absolute Gasteiger partial charge is 1.00 e. The second kappa shape index (κ2) is 19.4. The van der Waals surface area contributed by atoms with Crippen molar-refractivity contribution in [2.45, 2.75) is 43.2 Å². The van der Waals surface area contributed by atoms with E-state index in [4.69, 9.17) is 8.74 Å². The number of para-hydroxylation sites is 1. The van der Waals surface area contributed by atoms with Gasteiger partial charge >= 0.3 is 39.7 Å². The molecule has 264 valence electrons. The molecule has 0 fully saturated rings. The van der Waals surface area contributed by atoms with Gasteiger partial charge in [-0.3, -0.25) is 4.55 Å². The molecule has 5 rings (SSSR count). The number of rotatable bonds is 8. The first-order valence-corrected chi connectivity index (χ1v) is 19.1. The Hall–Kier alpha value is -2.52. The average Bonchev–Trinajstić information content (AvgIpc) is 3.02. The summed E-state index contributed by atoms with van der Waals surface area (Å²) in [6.45, 7) is 3.68. The van der Waals surface area contributed by atoms with Crippen molar-refractivity contribution in [1.29, 1.82) is 0 Å². The van der Waals surface area contributed by atoms with Gasteiger partial charge in [0.05, 0.1) is 24.5 Å². The van der Waals surface area contributed by atoms with Gasteiger partial charge in [0.25, 0.3) is 10.1 Å². The van der Waals surface area contributed by atoms with E-state index in [2.05, 4.69) is 0 Å². The van der Waals surface area contributed by atoms with E-state index in [1.54, 1.807) is 42.5 Å². The first-order chi connectivity index (χ1) is 21.5. The van der Waals surface area contributed by atoms with Crippen molar-refractivity contribution in [3.8, 4) is 5.75 Å². The van der Waals surface area contributed by atoms with Crippen molar-refractivity contribution < 1.29 is 77.4 Å². The fraction of sp³-hybridized carbons (Fsp3) is 0.0625. The van der Waals surface area contributed by atoms with Crippen LogP contribution in [0.5, 0.6) is 5.75 Å². The second-order valence-electron chi connectivity index (χ2n) is 9.91. The molecular weight excluding hydrogens is 774 g/mol. The monoisotopic (exact) mass is 808 g/mol. The summed E-state index contributed by atoms with van der Waals surface area (Å²) in [6, 6.07) is 30.3. The van der Waals surface area contributed by atoms with Crippen LogP contribution in [-0.4, -0.2) is 43.7 Å². The van der Waals surface area contributed by atoms with Crippen LogP contribution in [0.2, 0.25) is 0 Å². The zero-order valence-electron chi connectivity index (χ0n) is 27.2. The summed E-state index contributed by atoms with van der Waals surface area (Å²) in [4.78, 5) is -0.812. The zero-order chi connectivity index (χ0) is 33.8. The van der Waals surface area contributed by atoms with Crippen molar-refractivity contribution >= 4 is 59.7 Å². The molecule has 0 radical (unpaired) electrons. The van der Waals surface area contributed by atoms with Crippen molar-refractivity contribution in [3.63, 3.8) is 0 Å². The Morgan fingerprint density at radius 1 is 0.460 bits per heavy atom. The summed E-state index contributed by atoms with van der Waals surface area (Å²) in [5, 5.41) is 0. The van der Waals surface area contributed by atoms with Gasteiger partial charge < -0.3 is 9.66 Å². The van der Waals surface area contributed by atoms with Crippen LogP contribution in [0.15, 0.2) is 157 Å². The van der Waals surface area contributed by atoms with Crippen molar-refractivity contribution in [1.82, 2.24) is 0 Å². The maximum atomic E-state index is 12.7. The van der Waals surface area contributed by atoms with Crippen LogP contribution in [0.1, 0.15) is 11.1 Å². The third-order valence-electron chi connectivity index (χ3n) is 6.43. The van der Waals surface area contributed by atoms with Crippen LogP contribution in [0.25, 0.3) is 0 Å². The third-order valence-corrected chi connectivity index (χ3v) is 12.1. The van der Waals surface area contributed by atoms with Crippen LogP contribution in [-0.2, 0) is 39.9 Å². The Morgan fingerprint density at radius 3 is 1.22 bits per heavy atom. The maximum absolute atomic E-state index is 12.7. The van der Waals surface area contributed by atoms with Gasteiger partial charge in [0.2, 0.25) is 19.7 Å². The molecule has 5 aromatic rings. The van der Waals surface area contributed by atoms with E-state index >= 15 is 0 Å². The summed E-state index contributed by atoms with van der Waals surface area (Å²) < 4.78 is 111. The van der Waals surface area contributed by atoms with Gasteiger partial charge in [-0.15, -0.1) is 0 Å². The van der Waals surface area contributed by atoms with Gasteiger partial charge in [0, 0.05) is 0 Å². The van der Waals surface area contributed by atoms with Crippen LogP contribution in [0.4, 0.5) is 0 Å². The molecule has 0 aliphatic heterocycles. The SMILES string of the molecule is Cc1ccc(S(=O)(=O)c2cccc(S(=O)(=O)O)c2)cc1.Cc1ccc(S(=O)(=O)c2cccc(S(=O)(=O)Oc3ccccc3)c2)cc1.P.P.[Na+].[OH-]. The van der Waals surface area contributed by atoms with Crippen LogP contribution >= 0.6 is 19.8 Å². The Morgan fingerprint density at radius 2 is 0.820 bits per heavy atom. The van der Waals surface area contributed by atoms with E-state index in [1.807, 2.05) is 13.8 Å². The fourth-order valence-electron chi connectivity index (χ4n) is 3.96. The van der Waals surface area contributed by atoms with Crippen LogP contribution in [0, 0.1) is 13.8 Å². The van der Waals surface area contributed by atoms with E-state index < -0.39 is 44.8 Å². The molecule has 11 nitrogen and oxygen atoms in total. The average molecular weight is 809 g/mol. The molecule has 2 atom stereocenters. The smallest absolute Gasteiger partial charge is 0.870 e. The minimum Gasteiger partial charge on any atom is -0.870 e. The second-order valence-corrected chi connectivity index (χ2v) is 16.8. The standard InChI is InChI=1S/C19H16O5S2.C13H12O5S2.Na.H2O.2H3P/c1-15-10-12-17(13-11-15)25(20,21)18-8-5-9-19(14-18)26(22,23)24-16-6-3-2-4-7-16;1-10-5-7-11(8-6-10)19(14,15)12-3-2-4-13(9-12)20(16,17)18;;;;/h2-14H,1H3;2-9H,1H3,(H,16,17,18);;1H2;2*1H3/q;;+1;;;/p-1. The van der Waals surface area contributed by atoms with Crippen LogP contribution in [0.3, 0.4) is 0 Å². The Kier molecular flexibility index (Phi) is 18.4. The van der Waals surface area contributed by atoms with E-state index in [0.717, 1.165) is 29.3 Å². The molecule has 0 saturated heterocycles. The number of hydrogen-bond acceptors (Lipinski definition) is 10. The Bertz CT molecular complexity index is 2300.